The summed E-state index contributed by atoms with van der Waals surface area (Å²) in [7, 11) is 7.06. The Bertz CT molecular complexity index is 1440. The van der Waals surface area contributed by atoms with E-state index in [-0.39, 0.29) is 17.3 Å². The van der Waals surface area contributed by atoms with Crippen molar-refractivity contribution in [1.29, 1.82) is 5.26 Å². The molecule has 10 heteroatoms. The zero-order chi connectivity index (χ0) is 27.2. The van der Waals surface area contributed by atoms with E-state index in [1.807, 2.05) is 17.3 Å². The first kappa shape index (κ1) is 26.1. The van der Waals surface area contributed by atoms with E-state index in [2.05, 4.69) is 60.3 Å². The van der Waals surface area contributed by atoms with Crippen molar-refractivity contribution in [2.45, 2.75) is 58.1 Å². The maximum Gasteiger partial charge on any atom is 0.123 e. The highest BCUT2D eigenvalue weighted by molar-refractivity contribution is 6.36. The number of anilines is 2. The van der Waals surface area contributed by atoms with Crippen LogP contribution in [0.1, 0.15) is 51.7 Å². The van der Waals surface area contributed by atoms with Gasteiger partial charge in [0.2, 0.25) is 0 Å². The summed E-state index contributed by atoms with van der Waals surface area (Å²) in [6.07, 6.45) is 5.66. The van der Waals surface area contributed by atoms with Gasteiger partial charge in [-0.1, -0.05) is 44.5 Å². The number of aromatic nitrogens is 1. The molecule has 1 aliphatic carbocycles. The number of nitrogens with zero attached hydrogens (tertiary/aromatic N) is 3. The molecule has 194 valence electrons. The van der Waals surface area contributed by atoms with E-state index in [0.29, 0.717) is 50.2 Å². The summed E-state index contributed by atoms with van der Waals surface area (Å²) in [6.45, 7) is 8.47. The Morgan fingerprint density at radius 2 is 1.95 bits per heavy atom. The van der Waals surface area contributed by atoms with Gasteiger partial charge in [-0.15, -0.1) is 5.53 Å². The fourth-order valence-corrected chi connectivity index (χ4v) is 4.59. The summed E-state index contributed by atoms with van der Waals surface area (Å²) >= 11 is 6.73. The molecule has 5 rings (SSSR count). The van der Waals surface area contributed by atoms with Gasteiger partial charge in [0.05, 0.1) is 32.9 Å². The lowest BCUT2D eigenvalue weighted by molar-refractivity contribution is 0.260. The van der Waals surface area contributed by atoms with E-state index in [4.69, 9.17) is 19.4 Å². The summed E-state index contributed by atoms with van der Waals surface area (Å²) in [5.41, 5.74) is 8.61. The molecule has 1 aromatic heterocycles. The van der Waals surface area contributed by atoms with E-state index < -0.39 is 5.44 Å². The second kappa shape index (κ2) is 9.68. The summed E-state index contributed by atoms with van der Waals surface area (Å²) in [5.74, 6) is -0.352. The van der Waals surface area contributed by atoms with E-state index in [1.165, 1.54) is 18.3 Å². The number of hydrogen-bond donors (Lipinski definition) is 4. The molecule has 2 radical (unpaired) electrons. The highest BCUT2D eigenvalue weighted by Crippen LogP contribution is 2.39. The number of hydrazine groups is 2. The van der Waals surface area contributed by atoms with Gasteiger partial charge in [-0.05, 0) is 55.0 Å². The molecule has 1 unspecified atom stereocenters. The molecule has 2 heterocycles. The molecule has 1 fully saturated rings. The van der Waals surface area contributed by atoms with Gasteiger partial charge in [-0.2, -0.15) is 5.26 Å². The number of nitriles is 1. The lowest BCUT2D eigenvalue weighted by atomic mass is 9.69. The fourth-order valence-electron chi connectivity index (χ4n) is 4.32. The monoisotopic (exact) mass is 529 g/mol. The number of hydrogen-bond acceptors (Lipinski definition) is 7. The summed E-state index contributed by atoms with van der Waals surface area (Å²) < 4.78 is 13.8. The van der Waals surface area contributed by atoms with E-state index in [9.17, 15) is 9.65 Å². The minimum Gasteiger partial charge on any atom is -0.380 e. The Kier molecular flexibility index (Phi) is 6.66. The van der Waals surface area contributed by atoms with Gasteiger partial charge in [0.15, 0.2) is 0 Å². The van der Waals surface area contributed by atoms with Crippen LogP contribution in [0.5, 0.6) is 0 Å². The van der Waals surface area contributed by atoms with Crippen molar-refractivity contribution < 1.29 is 4.39 Å². The number of rotatable bonds is 7. The van der Waals surface area contributed by atoms with Crippen molar-refractivity contribution in [3.05, 3.63) is 76.5 Å². The standard InChI is InChI=1S/C28H30BClFN7/c1-16(27(2,3)4)34-25-17(13-32)14-33-26-22(25)11-20(12-23(26)30)35-28(29,18-5-7-19(31)8-6-18)24-15-38(37-36-24)21-9-10-21/h5-8,11-12,14-16,21,35-37H,9-10H2,1-4H3,(H,33,34)/t16-,28?/m0/s1. The molecule has 0 amide bonds. The minimum absolute atomic E-state index is 0.0516. The Morgan fingerprint density at radius 3 is 2.58 bits per heavy atom. The predicted octanol–water partition coefficient (Wildman–Crippen LogP) is 5.51. The SMILES string of the molecule is [B]C(Nc1cc(Cl)c2ncc(C#N)c(N[C@@H](C)C(C)(C)C)c2c1)(C1=CN(C2CC2)NN1)c1ccc(F)cc1. The van der Waals surface area contributed by atoms with Gasteiger partial charge in [-0.25, -0.2) is 4.39 Å². The van der Waals surface area contributed by atoms with Crippen LogP contribution in [-0.4, -0.2) is 29.9 Å². The average Bonchev–Trinajstić information content (AvgIpc) is 3.59. The Morgan fingerprint density at radius 1 is 1.24 bits per heavy atom. The zero-order valence-corrected chi connectivity index (χ0v) is 22.6. The first-order valence-corrected chi connectivity index (χ1v) is 13.0. The smallest absolute Gasteiger partial charge is 0.123 e. The molecule has 0 bridgehead atoms. The van der Waals surface area contributed by atoms with Gasteiger partial charge in [0, 0.05) is 35.6 Å². The van der Waals surface area contributed by atoms with Crippen molar-refractivity contribution in [2.75, 3.05) is 10.6 Å². The second-order valence-corrected chi connectivity index (χ2v) is 11.5. The average molecular weight is 530 g/mol. The van der Waals surface area contributed by atoms with Crippen molar-refractivity contribution >= 4 is 41.7 Å². The van der Waals surface area contributed by atoms with Gasteiger partial charge in [-0.3, -0.25) is 9.99 Å². The van der Waals surface area contributed by atoms with Crippen LogP contribution in [0, 0.1) is 22.6 Å². The number of halogens is 2. The highest BCUT2D eigenvalue weighted by Gasteiger charge is 2.38. The predicted molar refractivity (Wildman–Crippen MR) is 151 cm³/mol. The molecule has 38 heavy (non-hydrogen) atoms. The van der Waals surface area contributed by atoms with Crippen LogP contribution in [-0.2, 0) is 5.44 Å². The number of pyridine rings is 1. The highest BCUT2D eigenvalue weighted by atomic mass is 35.5. The molecular formula is C28H30BClFN7. The van der Waals surface area contributed by atoms with Gasteiger partial charge >= 0.3 is 0 Å². The number of fused-ring (bicyclic) bond motifs is 1. The van der Waals surface area contributed by atoms with E-state index in [0.717, 1.165) is 12.8 Å². The van der Waals surface area contributed by atoms with Gasteiger partial charge in [0.25, 0.3) is 0 Å². The summed E-state index contributed by atoms with van der Waals surface area (Å²) in [6, 6.07) is 12.4. The third kappa shape index (κ3) is 4.98. The van der Waals surface area contributed by atoms with Crippen LogP contribution in [0.15, 0.2) is 54.5 Å². The topological polar surface area (TPSA) is 88.0 Å². The van der Waals surface area contributed by atoms with Crippen LogP contribution in [0.4, 0.5) is 15.8 Å². The molecule has 4 N–H and O–H groups in total. The number of nitrogens with one attached hydrogen (secondary N) is 4. The van der Waals surface area contributed by atoms with Crippen molar-refractivity contribution in [1.82, 2.24) is 21.0 Å². The zero-order valence-electron chi connectivity index (χ0n) is 21.9. The molecule has 2 aromatic carbocycles. The lowest BCUT2D eigenvalue weighted by Crippen LogP contribution is -2.45. The number of benzene rings is 2. The van der Waals surface area contributed by atoms with Gasteiger partial charge < -0.3 is 16.1 Å². The Hall–Kier alpha value is -3.48. The Balaban J connectivity index is 1.61. The maximum atomic E-state index is 13.8. The van der Waals surface area contributed by atoms with Crippen molar-refractivity contribution in [2.24, 2.45) is 5.41 Å². The molecule has 7 nitrogen and oxygen atoms in total. The molecule has 2 aliphatic rings. The van der Waals surface area contributed by atoms with Gasteiger partial charge in [0.1, 0.15) is 19.7 Å². The molecule has 1 aliphatic heterocycles. The van der Waals surface area contributed by atoms with Crippen molar-refractivity contribution in [3.63, 3.8) is 0 Å². The molecule has 3 aromatic rings. The second-order valence-electron chi connectivity index (χ2n) is 11.1. The summed E-state index contributed by atoms with van der Waals surface area (Å²) in [5, 5.41) is 19.9. The third-order valence-electron chi connectivity index (χ3n) is 7.30. The molecule has 0 spiro atoms. The minimum atomic E-state index is -1.26. The molecular weight excluding hydrogens is 500 g/mol. The third-order valence-corrected chi connectivity index (χ3v) is 7.59. The van der Waals surface area contributed by atoms with Crippen molar-refractivity contribution in [3.8, 4) is 6.07 Å². The van der Waals surface area contributed by atoms with E-state index >= 15 is 0 Å². The molecule has 2 atom stereocenters. The van der Waals surface area contributed by atoms with Crippen LogP contribution < -0.4 is 21.6 Å². The first-order chi connectivity index (χ1) is 18.0. The first-order valence-electron chi connectivity index (χ1n) is 12.6. The van der Waals surface area contributed by atoms with Crippen LogP contribution in [0.2, 0.25) is 5.02 Å². The lowest BCUT2D eigenvalue weighted by Gasteiger charge is -2.34. The largest absolute Gasteiger partial charge is 0.380 e. The summed E-state index contributed by atoms with van der Waals surface area (Å²) in [4.78, 5) is 4.47. The normalized spacial score (nSPS) is 17.8. The molecule has 0 saturated heterocycles. The van der Waals surface area contributed by atoms with Crippen LogP contribution in [0.3, 0.4) is 0 Å². The molecule has 1 saturated carbocycles. The van der Waals surface area contributed by atoms with Crippen LogP contribution in [0.25, 0.3) is 10.9 Å². The van der Waals surface area contributed by atoms with E-state index in [1.54, 1.807) is 18.2 Å². The maximum absolute atomic E-state index is 13.8. The quantitative estimate of drug-likeness (QED) is 0.300. The fraction of sp³-hybridized carbons (Fsp3) is 0.357. The Labute approximate surface area is 228 Å². The van der Waals surface area contributed by atoms with Crippen LogP contribution >= 0.6 is 11.6 Å².